The van der Waals surface area contributed by atoms with E-state index < -0.39 is 0 Å². The van der Waals surface area contributed by atoms with Crippen molar-refractivity contribution in [3.8, 4) is 0 Å². The molecule has 0 aromatic rings. The Balaban J connectivity index is 1.58. The van der Waals surface area contributed by atoms with Crippen molar-refractivity contribution >= 4 is 5.97 Å². The van der Waals surface area contributed by atoms with Crippen LogP contribution in [-0.2, 0) is 9.53 Å². The summed E-state index contributed by atoms with van der Waals surface area (Å²) in [6, 6.07) is 0. The predicted molar refractivity (Wildman–Crippen MR) is 135 cm³/mol. The normalized spacial score (nSPS) is 40.4. The zero-order valence-corrected chi connectivity index (χ0v) is 22.4. The van der Waals surface area contributed by atoms with Crippen LogP contribution in [0.3, 0.4) is 0 Å². The van der Waals surface area contributed by atoms with Gasteiger partial charge in [-0.15, -0.1) is 0 Å². The Morgan fingerprint density at radius 1 is 1.06 bits per heavy atom. The van der Waals surface area contributed by atoms with Crippen LogP contribution in [0.1, 0.15) is 112 Å². The molecule has 3 saturated carbocycles. The first kappa shape index (κ1) is 25.7. The van der Waals surface area contributed by atoms with E-state index in [-0.39, 0.29) is 22.4 Å². The third-order valence-corrected chi connectivity index (χ3v) is 10.9. The molecule has 4 aliphatic rings. The first-order chi connectivity index (χ1) is 16.0. The molecule has 5 heteroatoms. The second-order valence-electron chi connectivity index (χ2n) is 13.2. The lowest BCUT2D eigenvalue weighted by atomic mass is 9.46. The average molecular weight is 474 g/mol. The van der Waals surface area contributed by atoms with E-state index in [1.54, 1.807) is 0 Å². The molecular weight excluding hydrogens is 426 g/mol. The third kappa shape index (κ3) is 4.46. The van der Waals surface area contributed by atoms with E-state index in [4.69, 9.17) is 4.74 Å². The second kappa shape index (κ2) is 9.58. The summed E-state index contributed by atoms with van der Waals surface area (Å²) in [5, 5.41) is 12.3. The van der Waals surface area contributed by atoms with Crippen LogP contribution < -0.4 is 0 Å². The Morgan fingerprint density at radius 3 is 2.44 bits per heavy atom. The summed E-state index contributed by atoms with van der Waals surface area (Å²) in [6.45, 7) is 13.4. The molecule has 0 amide bonds. The Kier molecular flexibility index (Phi) is 7.24. The van der Waals surface area contributed by atoms with Gasteiger partial charge in [0, 0.05) is 25.3 Å². The molecule has 0 heterocycles. The van der Waals surface area contributed by atoms with Gasteiger partial charge in [-0.2, -0.15) is 0 Å². The van der Waals surface area contributed by atoms with Crippen LogP contribution in [0.15, 0.2) is 11.3 Å². The van der Waals surface area contributed by atoms with Crippen molar-refractivity contribution in [3.05, 3.63) is 21.4 Å². The van der Waals surface area contributed by atoms with Crippen LogP contribution in [0, 0.1) is 56.5 Å². The average Bonchev–Trinajstić information content (AvgIpc) is 3.10. The summed E-state index contributed by atoms with van der Waals surface area (Å²) in [4.78, 5) is 23.8. The molecule has 0 spiro atoms. The van der Waals surface area contributed by atoms with Crippen LogP contribution in [0.25, 0.3) is 0 Å². The summed E-state index contributed by atoms with van der Waals surface area (Å²) in [6.07, 6.45) is 11.6. The van der Waals surface area contributed by atoms with Crippen molar-refractivity contribution in [2.75, 3.05) is 0 Å². The lowest BCUT2D eigenvalue weighted by Gasteiger charge is -2.58. The van der Waals surface area contributed by atoms with Crippen molar-refractivity contribution in [2.45, 2.75) is 118 Å². The molecular formula is C29H47NO4. The van der Waals surface area contributed by atoms with Gasteiger partial charge in [-0.1, -0.05) is 53.9 Å². The zero-order valence-electron chi connectivity index (χ0n) is 22.4. The minimum absolute atomic E-state index is 0.0904. The molecule has 0 radical (unpaired) electrons. The quantitative estimate of drug-likeness (QED) is 0.217. The Bertz CT molecular complexity index is 834. The van der Waals surface area contributed by atoms with E-state index in [1.165, 1.54) is 51.9 Å². The highest BCUT2D eigenvalue weighted by Crippen LogP contribution is 2.68. The van der Waals surface area contributed by atoms with E-state index in [0.717, 1.165) is 36.2 Å². The van der Waals surface area contributed by atoms with Gasteiger partial charge in [0.25, 0.3) is 0 Å². The van der Waals surface area contributed by atoms with E-state index in [2.05, 4.69) is 34.6 Å². The molecule has 0 saturated heterocycles. The van der Waals surface area contributed by atoms with Gasteiger partial charge in [-0.3, -0.25) is 14.9 Å². The van der Waals surface area contributed by atoms with Gasteiger partial charge < -0.3 is 4.74 Å². The summed E-state index contributed by atoms with van der Waals surface area (Å²) in [5.41, 5.74) is 1.66. The Hall–Kier alpha value is -1.39. The molecule has 5 nitrogen and oxygen atoms in total. The van der Waals surface area contributed by atoms with Crippen LogP contribution in [0.4, 0.5) is 0 Å². The van der Waals surface area contributed by atoms with Crippen LogP contribution in [0.5, 0.6) is 0 Å². The van der Waals surface area contributed by atoms with Gasteiger partial charge >= 0.3 is 5.97 Å². The number of esters is 1. The van der Waals surface area contributed by atoms with Crippen LogP contribution in [-0.4, -0.2) is 17.0 Å². The van der Waals surface area contributed by atoms with Crippen LogP contribution in [0.2, 0.25) is 0 Å². The fraction of sp³-hybridized carbons (Fsp3) is 0.897. The molecule has 34 heavy (non-hydrogen) atoms. The molecule has 4 aliphatic carbocycles. The van der Waals surface area contributed by atoms with E-state index in [9.17, 15) is 14.9 Å². The standard InChI is InChI=1S/C29H47NO4/c1-18(2)8-7-9-19(3)23-10-11-24-22-17-27(30(32)33)26-16-21(34-20(4)31)12-14-29(26,6)25(22)13-15-28(23,24)5/h18-19,21-25H,7-17H2,1-6H3/t19-,21-,22+,23+,24+,25+,28-,29-/m1/s1. The third-order valence-electron chi connectivity index (χ3n) is 10.9. The monoisotopic (exact) mass is 473 g/mol. The van der Waals surface area contributed by atoms with Gasteiger partial charge in [-0.25, -0.2) is 0 Å². The highest BCUT2D eigenvalue weighted by molar-refractivity contribution is 5.66. The number of fused-ring (bicyclic) bond motifs is 5. The van der Waals surface area contributed by atoms with Crippen molar-refractivity contribution in [2.24, 2.45) is 46.3 Å². The lowest BCUT2D eigenvalue weighted by Crippen LogP contribution is -2.52. The SMILES string of the molecule is CC(=O)O[C@@H]1CC[C@@]2(C)C(=C([N+](=O)[O-])C[C@H]3[C@@H]4CC[C@@H]([C@H](C)CCCC(C)C)[C@@]4(C)CC[C@@H]32)C1. The number of nitrogens with zero attached hydrogens (tertiary/aromatic N) is 1. The number of hydrogen-bond acceptors (Lipinski definition) is 4. The first-order valence-corrected chi connectivity index (χ1v) is 14.0. The number of ether oxygens (including phenoxy) is 1. The van der Waals surface area contributed by atoms with E-state index in [1.807, 2.05) is 0 Å². The molecule has 3 fully saturated rings. The summed E-state index contributed by atoms with van der Waals surface area (Å²) in [5.74, 6) is 3.53. The molecule has 0 unspecified atom stereocenters. The van der Waals surface area contributed by atoms with Gasteiger partial charge in [-0.05, 0) is 84.9 Å². The highest BCUT2D eigenvalue weighted by Gasteiger charge is 2.61. The molecule has 4 rings (SSSR count). The number of rotatable bonds is 7. The van der Waals surface area contributed by atoms with Crippen molar-refractivity contribution in [1.82, 2.24) is 0 Å². The predicted octanol–water partition coefficient (Wildman–Crippen LogP) is 7.56. The maximum absolute atomic E-state index is 12.3. The van der Waals surface area contributed by atoms with Crippen molar-refractivity contribution in [3.63, 3.8) is 0 Å². The lowest BCUT2D eigenvalue weighted by molar-refractivity contribution is -0.434. The van der Waals surface area contributed by atoms with E-state index >= 15 is 0 Å². The number of nitro groups is 1. The number of allylic oxidation sites excluding steroid dienone is 1. The fourth-order valence-corrected chi connectivity index (χ4v) is 9.29. The fourth-order valence-electron chi connectivity index (χ4n) is 9.29. The Morgan fingerprint density at radius 2 is 1.79 bits per heavy atom. The number of hydrogen-bond donors (Lipinski definition) is 0. The van der Waals surface area contributed by atoms with Gasteiger partial charge in [0.1, 0.15) is 6.10 Å². The van der Waals surface area contributed by atoms with Crippen molar-refractivity contribution < 1.29 is 14.5 Å². The summed E-state index contributed by atoms with van der Waals surface area (Å²) >= 11 is 0. The van der Waals surface area contributed by atoms with Crippen molar-refractivity contribution in [1.29, 1.82) is 0 Å². The number of carbonyl (C=O) groups is 1. The summed E-state index contributed by atoms with van der Waals surface area (Å²) < 4.78 is 5.53. The molecule has 0 bridgehead atoms. The first-order valence-electron chi connectivity index (χ1n) is 14.0. The topological polar surface area (TPSA) is 69.4 Å². The molecule has 0 N–H and O–H groups in total. The van der Waals surface area contributed by atoms with E-state index in [0.29, 0.717) is 41.7 Å². The minimum atomic E-state index is -0.279. The van der Waals surface area contributed by atoms with Gasteiger partial charge in [0.05, 0.1) is 4.92 Å². The minimum Gasteiger partial charge on any atom is -0.462 e. The van der Waals surface area contributed by atoms with Gasteiger partial charge in [0.15, 0.2) is 0 Å². The number of carbonyl (C=O) groups excluding carboxylic acids is 1. The zero-order chi connectivity index (χ0) is 24.8. The summed E-state index contributed by atoms with van der Waals surface area (Å²) in [7, 11) is 0. The molecule has 8 atom stereocenters. The second-order valence-corrected chi connectivity index (χ2v) is 13.2. The smallest absolute Gasteiger partial charge is 0.302 e. The van der Waals surface area contributed by atoms with Crippen LogP contribution >= 0.6 is 0 Å². The Labute approximate surface area is 206 Å². The largest absolute Gasteiger partial charge is 0.462 e. The molecule has 0 aliphatic heterocycles. The maximum Gasteiger partial charge on any atom is 0.302 e. The molecule has 0 aromatic carbocycles. The highest BCUT2D eigenvalue weighted by atomic mass is 16.6. The molecule has 192 valence electrons. The van der Waals surface area contributed by atoms with Gasteiger partial charge in [0.2, 0.25) is 5.70 Å². The molecule has 0 aromatic heterocycles. The maximum atomic E-state index is 12.3.